The van der Waals surface area contributed by atoms with Crippen molar-refractivity contribution in [2.45, 2.75) is 53.4 Å². The summed E-state index contributed by atoms with van der Waals surface area (Å²) in [5.74, 6) is 1.28. The van der Waals surface area contributed by atoms with E-state index in [2.05, 4.69) is 27.7 Å². The standard InChI is InChI=1S/C24H30O5/c1-13(2)6-8-15-17(25)12-20-22(23(15)26)24(27)21-16(9-7-14(3)4)18(28-5)10-11-19(21)29-20/h10-14,25-26H,6-9H2,1-5H3. The van der Waals surface area contributed by atoms with E-state index in [9.17, 15) is 15.0 Å². The molecule has 29 heavy (non-hydrogen) atoms. The second-order valence-electron chi connectivity index (χ2n) is 8.51. The van der Waals surface area contributed by atoms with Gasteiger partial charge in [0.15, 0.2) is 0 Å². The first-order chi connectivity index (χ1) is 13.7. The van der Waals surface area contributed by atoms with Crippen LogP contribution in [0.4, 0.5) is 0 Å². The first-order valence-electron chi connectivity index (χ1n) is 10.2. The van der Waals surface area contributed by atoms with Crippen molar-refractivity contribution in [1.29, 1.82) is 0 Å². The minimum Gasteiger partial charge on any atom is -0.507 e. The zero-order chi connectivity index (χ0) is 21.3. The quantitative estimate of drug-likeness (QED) is 0.511. The molecule has 0 atom stereocenters. The van der Waals surface area contributed by atoms with Crippen molar-refractivity contribution in [3.05, 3.63) is 39.5 Å². The van der Waals surface area contributed by atoms with Gasteiger partial charge in [-0.1, -0.05) is 27.7 Å². The molecule has 0 bridgehead atoms. The highest BCUT2D eigenvalue weighted by Gasteiger charge is 2.21. The van der Waals surface area contributed by atoms with Gasteiger partial charge in [0.1, 0.15) is 33.8 Å². The van der Waals surface area contributed by atoms with Gasteiger partial charge < -0.3 is 19.4 Å². The fraction of sp³-hybridized carbons (Fsp3) is 0.458. The topological polar surface area (TPSA) is 79.9 Å². The van der Waals surface area contributed by atoms with Crippen molar-refractivity contribution in [2.75, 3.05) is 7.11 Å². The van der Waals surface area contributed by atoms with Crippen molar-refractivity contribution in [2.24, 2.45) is 11.8 Å². The van der Waals surface area contributed by atoms with E-state index in [-0.39, 0.29) is 27.9 Å². The molecule has 0 unspecified atom stereocenters. The first-order valence-corrected chi connectivity index (χ1v) is 10.2. The lowest BCUT2D eigenvalue weighted by Crippen LogP contribution is -2.09. The van der Waals surface area contributed by atoms with Crippen molar-refractivity contribution >= 4 is 21.9 Å². The van der Waals surface area contributed by atoms with E-state index >= 15 is 0 Å². The molecule has 0 aliphatic heterocycles. The predicted octanol–water partition coefficient (Wildman–Crippen LogP) is 5.54. The zero-order valence-electron chi connectivity index (χ0n) is 17.8. The third-order valence-corrected chi connectivity index (χ3v) is 5.42. The number of aryl methyl sites for hydroxylation is 1. The Morgan fingerprint density at radius 2 is 1.55 bits per heavy atom. The van der Waals surface area contributed by atoms with E-state index in [0.717, 1.165) is 18.4 Å². The molecule has 0 fully saturated rings. The van der Waals surface area contributed by atoms with Crippen LogP contribution in [-0.4, -0.2) is 17.3 Å². The lowest BCUT2D eigenvalue weighted by atomic mass is 9.95. The Kier molecular flexibility index (Phi) is 6.06. The van der Waals surface area contributed by atoms with Crippen LogP contribution in [0.1, 0.15) is 51.7 Å². The van der Waals surface area contributed by atoms with E-state index in [1.807, 2.05) is 0 Å². The average Bonchev–Trinajstić information content (AvgIpc) is 2.65. The number of hydrogen-bond acceptors (Lipinski definition) is 5. The zero-order valence-corrected chi connectivity index (χ0v) is 17.8. The number of rotatable bonds is 7. The number of fused-ring (bicyclic) bond motifs is 2. The molecule has 5 nitrogen and oxygen atoms in total. The largest absolute Gasteiger partial charge is 0.507 e. The molecule has 1 heterocycles. The molecule has 0 radical (unpaired) electrons. The molecule has 3 aromatic rings. The SMILES string of the molecule is COc1ccc2oc3cc(O)c(CCC(C)C)c(O)c3c(=O)c2c1CCC(C)C. The highest BCUT2D eigenvalue weighted by molar-refractivity contribution is 5.96. The summed E-state index contributed by atoms with van der Waals surface area (Å²) >= 11 is 0. The van der Waals surface area contributed by atoms with Gasteiger partial charge in [-0.25, -0.2) is 0 Å². The number of benzene rings is 2. The van der Waals surface area contributed by atoms with Crippen molar-refractivity contribution < 1.29 is 19.4 Å². The number of ether oxygens (including phenoxy) is 1. The number of hydrogen-bond donors (Lipinski definition) is 2. The van der Waals surface area contributed by atoms with Gasteiger partial charge in [-0.3, -0.25) is 4.79 Å². The van der Waals surface area contributed by atoms with E-state index in [0.29, 0.717) is 47.0 Å². The summed E-state index contributed by atoms with van der Waals surface area (Å²) in [5.41, 5.74) is 1.51. The smallest absolute Gasteiger partial charge is 0.204 e. The molecule has 156 valence electrons. The Morgan fingerprint density at radius 1 is 0.931 bits per heavy atom. The Balaban J connectivity index is 2.31. The van der Waals surface area contributed by atoms with Gasteiger partial charge in [-0.2, -0.15) is 0 Å². The van der Waals surface area contributed by atoms with Crippen LogP contribution >= 0.6 is 0 Å². The van der Waals surface area contributed by atoms with Gasteiger partial charge in [0.2, 0.25) is 5.43 Å². The summed E-state index contributed by atoms with van der Waals surface area (Å²) in [7, 11) is 1.59. The molecule has 2 aromatic carbocycles. The van der Waals surface area contributed by atoms with Crippen LogP contribution in [0.25, 0.3) is 21.9 Å². The van der Waals surface area contributed by atoms with Gasteiger partial charge in [-0.05, 0) is 49.7 Å². The molecule has 5 heteroatoms. The van der Waals surface area contributed by atoms with Crippen LogP contribution < -0.4 is 10.2 Å². The van der Waals surface area contributed by atoms with Crippen molar-refractivity contribution in [1.82, 2.24) is 0 Å². The van der Waals surface area contributed by atoms with Gasteiger partial charge in [0.05, 0.1) is 12.5 Å². The van der Waals surface area contributed by atoms with E-state index in [4.69, 9.17) is 9.15 Å². The second-order valence-corrected chi connectivity index (χ2v) is 8.51. The second kappa shape index (κ2) is 8.36. The van der Waals surface area contributed by atoms with Crippen LogP contribution in [0.15, 0.2) is 27.4 Å². The maximum Gasteiger partial charge on any atom is 0.204 e. The summed E-state index contributed by atoms with van der Waals surface area (Å²) in [6, 6.07) is 4.93. The fourth-order valence-electron chi connectivity index (χ4n) is 3.71. The molecule has 0 aliphatic carbocycles. The molecule has 0 saturated heterocycles. The summed E-state index contributed by atoms with van der Waals surface area (Å²) < 4.78 is 11.4. The van der Waals surface area contributed by atoms with Crippen LogP contribution in [0, 0.1) is 11.8 Å². The van der Waals surface area contributed by atoms with E-state index < -0.39 is 0 Å². The highest BCUT2D eigenvalue weighted by atomic mass is 16.5. The predicted molar refractivity (Wildman–Crippen MR) is 116 cm³/mol. The minimum atomic E-state index is -0.290. The lowest BCUT2D eigenvalue weighted by Gasteiger charge is -2.15. The Morgan fingerprint density at radius 3 is 2.14 bits per heavy atom. The number of aromatic hydroxyl groups is 2. The number of phenolic OH excluding ortho intramolecular Hbond substituents is 2. The summed E-state index contributed by atoms with van der Waals surface area (Å²) in [5, 5.41) is 21.8. The van der Waals surface area contributed by atoms with Crippen LogP contribution in [-0.2, 0) is 12.8 Å². The molecule has 0 amide bonds. The minimum absolute atomic E-state index is 0.0494. The van der Waals surface area contributed by atoms with Crippen LogP contribution in [0.3, 0.4) is 0 Å². The molecular weight excluding hydrogens is 368 g/mol. The third kappa shape index (κ3) is 4.04. The number of methoxy groups -OCH3 is 1. The van der Waals surface area contributed by atoms with Gasteiger partial charge in [0, 0.05) is 17.2 Å². The highest BCUT2D eigenvalue weighted by Crippen LogP contribution is 2.38. The van der Waals surface area contributed by atoms with Crippen LogP contribution in [0.2, 0.25) is 0 Å². The van der Waals surface area contributed by atoms with E-state index in [1.54, 1.807) is 19.2 Å². The molecule has 3 rings (SSSR count). The summed E-state index contributed by atoms with van der Waals surface area (Å²) in [6.07, 6.45) is 2.85. The maximum absolute atomic E-state index is 13.5. The van der Waals surface area contributed by atoms with Gasteiger partial charge >= 0.3 is 0 Å². The fourth-order valence-corrected chi connectivity index (χ4v) is 3.71. The van der Waals surface area contributed by atoms with E-state index in [1.165, 1.54) is 6.07 Å². The molecule has 0 spiro atoms. The van der Waals surface area contributed by atoms with Crippen molar-refractivity contribution in [3.63, 3.8) is 0 Å². The molecule has 0 saturated carbocycles. The molecule has 2 N–H and O–H groups in total. The maximum atomic E-state index is 13.5. The van der Waals surface area contributed by atoms with Gasteiger partial charge in [-0.15, -0.1) is 0 Å². The molecule has 0 aliphatic rings. The first kappa shape index (κ1) is 21.0. The lowest BCUT2D eigenvalue weighted by molar-refractivity contribution is 0.408. The average molecular weight is 398 g/mol. The molecule has 1 aromatic heterocycles. The number of phenols is 2. The Hall–Kier alpha value is -2.69. The summed E-state index contributed by atoms with van der Waals surface area (Å²) in [6.45, 7) is 8.41. The summed E-state index contributed by atoms with van der Waals surface area (Å²) in [4.78, 5) is 13.5. The monoisotopic (exact) mass is 398 g/mol. The Bertz CT molecular complexity index is 1090. The normalized spacial score (nSPS) is 11.8. The van der Waals surface area contributed by atoms with Gasteiger partial charge in [0.25, 0.3) is 0 Å². The van der Waals surface area contributed by atoms with Crippen molar-refractivity contribution in [3.8, 4) is 17.2 Å². The van der Waals surface area contributed by atoms with Crippen LogP contribution in [0.5, 0.6) is 17.2 Å². The molecular formula is C24H30O5. The Labute approximate surface area is 170 Å². The third-order valence-electron chi connectivity index (χ3n) is 5.42.